The van der Waals surface area contributed by atoms with Gasteiger partial charge in [0.25, 0.3) is 5.91 Å². The van der Waals surface area contributed by atoms with E-state index in [-0.39, 0.29) is 11.9 Å². The van der Waals surface area contributed by atoms with Crippen LogP contribution in [0, 0.1) is 0 Å². The summed E-state index contributed by atoms with van der Waals surface area (Å²) in [6.07, 6.45) is 1.97. The minimum atomic E-state index is -0.262. The largest absolute Gasteiger partial charge is 0.338 e. The molecule has 23 heavy (non-hydrogen) atoms. The lowest BCUT2D eigenvalue weighted by molar-refractivity contribution is -0.113. The number of aliphatic imine (C=N–C) groups is 1. The van der Waals surface area contributed by atoms with Crippen LogP contribution in [0.15, 0.2) is 64.1 Å². The smallest absolute Gasteiger partial charge is 0.255 e. The van der Waals surface area contributed by atoms with E-state index in [4.69, 9.17) is 4.99 Å². The van der Waals surface area contributed by atoms with Crippen LogP contribution in [0.1, 0.15) is 17.8 Å². The summed E-state index contributed by atoms with van der Waals surface area (Å²) in [4.78, 5) is 18.6. The van der Waals surface area contributed by atoms with Crippen LogP contribution in [0.4, 0.5) is 5.69 Å². The standard InChI is InChI=1S/C17H17N3OS2/c1-11-14(16(21)19-12-7-4-3-5-8-12)15(13-9-6-10-23-13)20-17(18-11)22-2/h3-10,15H,1-2H3,(H,18,20)(H,19,21)/t15-/m0/s1. The van der Waals surface area contributed by atoms with Crippen molar-refractivity contribution < 1.29 is 4.79 Å². The minimum absolute atomic E-state index is 0.122. The lowest BCUT2D eigenvalue weighted by Crippen LogP contribution is -2.31. The average Bonchev–Trinajstić information content (AvgIpc) is 3.09. The molecule has 0 spiro atoms. The zero-order valence-electron chi connectivity index (χ0n) is 12.9. The van der Waals surface area contributed by atoms with Gasteiger partial charge in [-0.1, -0.05) is 36.0 Å². The fraction of sp³-hybridized carbons (Fsp3) is 0.176. The summed E-state index contributed by atoms with van der Waals surface area (Å²) in [7, 11) is 0. The van der Waals surface area contributed by atoms with Crippen molar-refractivity contribution in [2.24, 2.45) is 4.99 Å². The molecule has 1 amide bonds. The Hall–Kier alpha value is -2.05. The molecular weight excluding hydrogens is 326 g/mol. The number of nitrogens with zero attached hydrogens (tertiary/aromatic N) is 1. The molecule has 0 saturated carbocycles. The number of hydrogen-bond acceptors (Lipinski definition) is 5. The SMILES string of the molecule is CSC1=N[C@@H](c2cccs2)C(C(=O)Nc2ccccc2)=C(C)N1. The number of hydrogen-bond donors (Lipinski definition) is 2. The van der Waals surface area contributed by atoms with Crippen molar-refractivity contribution in [1.82, 2.24) is 5.32 Å². The van der Waals surface area contributed by atoms with Crippen molar-refractivity contribution in [1.29, 1.82) is 0 Å². The molecule has 1 aromatic heterocycles. The number of rotatable bonds is 3. The van der Waals surface area contributed by atoms with Crippen molar-refractivity contribution in [2.45, 2.75) is 13.0 Å². The monoisotopic (exact) mass is 343 g/mol. The van der Waals surface area contributed by atoms with Gasteiger partial charge in [0.2, 0.25) is 0 Å². The number of para-hydroxylation sites is 1. The molecule has 0 unspecified atom stereocenters. The van der Waals surface area contributed by atoms with Gasteiger partial charge in [0.05, 0.1) is 5.57 Å². The highest BCUT2D eigenvalue weighted by Gasteiger charge is 2.29. The summed E-state index contributed by atoms with van der Waals surface area (Å²) in [6.45, 7) is 1.92. The maximum atomic E-state index is 12.8. The predicted octanol–water partition coefficient (Wildman–Crippen LogP) is 4.02. The quantitative estimate of drug-likeness (QED) is 0.885. The van der Waals surface area contributed by atoms with E-state index in [1.807, 2.05) is 61.0 Å². The molecule has 0 saturated heterocycles. The number of nitrogens with one attached hydrogen (secondary N) is 2. The fourth-order valence-electron chi connectivity index (χ4n) is 2.42. The normalized spacial score (nSPS) is 17.5. The van der Waals surface area contributed by atoms with Crippen LogP contribution in [0.2, 0.25) is 0 Å². The Kier molecular flexibility index (Phi) is 4.83. The molecule has 1 atom stereocenters. The fourth-order valence-corrected chi connectivity index (χ4v) is 3.65. The topological polar surface area (TPSA) is 53.5 Å². The Morgan fingerprint density at radius 2 is 2.04 bits per heavy atom. The van der Waals surface area contributed by atoms with Gasteiger partial charge in [-0.2, -0.15) is 0 Å². The summed E-state index contributed by atoms with van der Waals surface area (Å²) in [5.74, 6) is -0.122. The number of amides is 1. The number of thiophene rings is 1. The first-order valence-corrected chi connectivity index (χ1v) is 9.29. The highest BCUT2D eigenvalue weighted by atomic mass is 32.2. The maximum absolute atomic E-state index is 12.8. The summed E-state index contributed by atoms with van der Waals surface area (Å²) in [6, 6.07) is 13.2. The summed E-state index contributed by atoms with van der Waals surface area (Å²) in [5, 5.41) is 9.01. The van der Waals surface area contributed by atoms with E-state index in [2.05, 4.69) is 10.6 Å². The van der Waals surface area contributed by atoms with Crippen molar-refractivity contribution in [3.63, 3.8) is 0 Å². The highest BCUT2D eigenvalue weighted by molar-refractivity contribution is 8.13. The third-order valence-corrected chi connectivity index (χ3v) is 5.02. The summed E-state index contributed by atoms with van der Waals surface area (Å²) < 4.78 is 0. The molecule has 118 valence electrons. The van der Waals surface area contributed by atoms with Crippen LogP contribution < -0.4 is 10.6 Å². The molecular formula is C17H17N3OS2. The zero-order valence-corrected chi connectivity index (χ0v) is 14.5. The highest BCUT2D eigenvalue weighted by Crippen LogP contribution is 2.34. The van der Waals surface area contributed by atoms with Crippen LogP contribution in [-0.4, -0.2) is 17.3 Å². The lowest BCUT2D eigenvalue weighted by atomic mass is 10.0. The number of benzene rings is 1. The Morgan fingerprint density at radius 1 is 1.26 bits per heavy atom. The first-order chi connectivity index (χ1) is 11.2. The second kappa shape index (κ2) is 7.02. The van der Waals surface area contributed by atoms with E-state index in [0.29, 0.717) is 5.57 Å². The Balaban J connectivity index is 1.93. The first kappa shape index (κ1) is 15.8. The average molecular weight is 343 g/mol. The van der Waals surface area contributed by atoms with Gasteiger partial charge in [-0.25, -0.2) is 4.99 Å². The number of amidine groups is 1. The maximum Gasteiger partial charge on any atom is 0.255 e. The van der Waals surface area contributed by atoms with Crippen LogP contribution in [0.5, 0.6) is 0 Å². The molecule has 0 bridgehead atoms. The second-order valence-electron chi connectivity index (χ2n) is 5.04. The van der Waals surface area contributed by atoms with Crippen LogP contribution in [0.3, 0.4) is 0 Å². The number of carbonyl (C=O) groups excluding carboxylic acids is 1. The van der Waals surface area contributed by atoms with Crippen LogP contribution in [-0.2, 0) is 4.79 Å². The molecule has 6 heteroatoms. The second-order valence-corrected chi connectivity index (χ2v) is 6.81. The zero-order chi connectivity index (χ0) is 16.2. The lowest BCUT2D eigenvalue weighted by Gasteiger charge is -2.25. The Labute approximate surface area is 143 Å². The predicted molar refractivity (Wildman–Crippen MR) is 98.9 cm³/mol. The van der Waals surface area contributed by atoms with E-state index in [1.54, 1.807) is 23.1 Å². The molecule has 1 aliphatic rings. The third kappa shape index (κ3) is 3.48. The number of carbonyl (C=O) groups is 1. The van der Waals surface area contributed by atoms with Gasteiger partial charge in [0, 0.05) is 16.3 Å². The van der Waals surface area contributed by atoms with Gasteiger partial charge < -0.3 is 10.6 Å². The number of thioether (sulfide) groups is 1. The van der Waals surface area contributed by atoms with Gasteiger partial charge in [-0.15, -0.1) is 11.3 Å². The molecule has 1 aromatic carbocycles. The van der Waals surface area contributed by atoms with Gasteiger partial charge in [-0.3, -0.25) is 4.79 Å². The van der Waals surface area contributed by atoms with Gasteiger partial charge >= 0.3 is 0 Å². The molecule has 2 N–H and O–H groups in total. The van der Waals surface area contributed by atoms with E-state index in [0.717, 1.165) is 21.4 Å². The molecule has 4 nitrogen and oxygen atoms in total. The van der Waals surface area contributed by atoms with E-state index in [1.165, 1.54) is 0 Å². The molecule has 0 radical (unpaired) electrons. The molecule has 1 aliphatic heterocycles. The molecule has 0 aliphatic carbocycles. The first-order valence-electron chi connectivity index (χ1n) is 7.18. The van der Waals surface area contributed by atoms with Gasteiger partial charge in [0.1, 0.15) is 6.04 Å². The molecule has 2 aromatic rings. The minimum Gasteiger partial charge on any atom is -0.338 e. The third-order valence-electron chi connectivity index (χ3n) is 3.50. The van der Waals surface area contributed by atoms with Gasteiger partial charge in [0.15, 0.2) is 5.17 Å². The van der Waals surface area contributed by atoms with Gasteiger partial charge in [-0.05, 0) is 36.8 Å². The molecule has 2 heterocycles. The number of anilines is 1. The van der Waals surface area contributed by atoms with Crippen molar-refractivity contribution in [3.05, 3.63) is 64.0 Å². The van der Waals surface area contributed by atoms with Crippen molar-refractivity contribution >= 4 is 39.9 Å². The Bertz CT molecular complexity index is 751. The Morgan fingerprint density at radius 3 is 2.70 bits per heavy atom. The molecule has 0 fully saturated rings. The number of allylic oxidation sites excluding steroid dienone is 1. The van der Waals surface area contributed by atoms with Crippen molar-refractivity contribution in [3.8, 4) is 0 Å². The van der Waals surface area contributed by atoms with Crippen LogP contribution in [0.25, 0.3) is 0 Å². The summed E-state index contributed by atoms with van der Waals surface area (Å²) in [5.41, 5.74) is 2.28. The summed E-state index contributed by atoms with van der Waals surface area (Å²) >= 11 is 3.16. The van der Waals surface area contributed by atoms with E-state index >= 15 is 0 Å². The van der Waals surface area contributed by atoms with Crippen LogP contribution >= 0.6 is 23.1 Å². The van der Waals surface area contributed by atoms with E-state index in [9.17, 15) is 4.79 Å². The molecule has 3 rings (SSSR count). The van der Waals surface area contributed by atoms with Crippen molar-refractivity contribution in [2.75, 3.05) is 11.6 Å². The van der Waals surface area contributed by atoms with E-state index < -0.39 is 0 Å².